The first kappa shape index (κ1) is 17.8. The van der Waals surface area contributed by atoms with Crippen LogP contribution in [0.3, 0.4) is 0 Å². The lowest BCUT2D eigenvalue weighted by Crippen LogP contribution is -2.45. The molecule has 0 aliphatic heterocycles. The highest BCUT2D eigenvalue weighted by atomic mass is 16.4. The minimum absolute atomic E-state index is 0.00136. The van der Waals surface area contributed by atoms with Crippen LogP contribution in [-0.4, -0.2) is 29.7 Å². The number of nitrogens with one attached hydrogen (secondary N) is 2. The van der Waals surface area contributed by atoms with E-state index < -0.39 is 5.97 Å². The quantitative estimate of drug-likeness (QED) is 0.676. The van der Waals surface area contributed by atoms with Gasteiger partial charge in [0.2, 0.25) is 0 Å². The molecule has 0 saturated heterocycles. The molecule has 5 heteroatoms. The molecule has 1 rings (SSSR count). The molecular weight excluding hydrogens is 268 g/mol. The van der Waals surface area contributed by atoms with Crippen molar-refractivity contribution in [2.45, 2.75) is 65.3 Å². The van der Waals surface area contributed by atoms with E-state index in [0.717, 1.165) is 19.3 Å². The van der Waals surface area contributed by atoms with Crippen LogP contribution in [-0.2, 0) is 4.79 Å². The van der Waals surface area contributed by atoms with Gasteiger partial charge in [-0.15, -0.1) is 0 Å². The first-order valence-corrected chi connectivity index (χ1v) is 8.13. The van der Waals surface area contributed by atoms with Crippen LogP contribution < -0.4 is 10.6 Å². The zero-order valence-corrected chi connectivity index (χ0v) is 13.5. The fourth-order valence-electron chi connectivity index (χ4n) is 3.19. The third-order valence-electron chi connectivity index (χ3n) is 4.09. The molecule has 1 saturated carbocycles. The largest absolute Gasteiger partial charge is 0.481 e. The summed E-state index contributed by atoms with van der Waals surface area (Å²) in [5.74, 6) is 0.297. The summed E-state index contributed by atoms with van der Waals surface area (Å²) in [4.78, 5) is 22.8. The van der Waals surface area contributed by atoms with Crippen LogP contribution in [0.25, 0.3) is 0 Å². The van der Waals surface area contributed by atoms with Crippen molar-refractivity contribution in [3.63, 3.8) is 0 Å². The van der Waals surface area contributed by atoms with E-state index in [9.17, 15) is 9.59 Å². The van der Waals surface area contributed by atoms with Crippen LogP contribution in [0.15, 0.2) is 0 Å². The van der Waals surface area contributed by atoms with Crippen LogP contribution in [0.1, 0.15) is 59.3 Å². The minimum Gasteiger partial charge on any atom is -0.481 e. The highest BCUT2D eigenvalue weighted by molar-refractivity contribution is 5.74. The van der Waals surface area contributed by atoms with E-state index in [4.69, 9.17) is 5.11 Å². The first-order chi connectivity index (χ1) is 9.86. The number of carboxylic acid groups (broad SMARTS) is 1. The van der Waals surface area contributed by atoms with Crippen molar-refractivity contribution in [1.29, 1.82) is 0 Å². The Morgan fingerprint density at radius 2 is 2.00 bits per heavy atom. The van der Waals surface area contributed by atoms with Gasteiger partial charge in [-0.25, -0.2) is 4.79 Å². The highest BCUT2D eigenvalue weighted by Gasteiger charge is 2.21. The van der Waals surface area contributed by atoms with E-state index in [-0.39, 0.29) is 24.4 Å². The van der Waals surface area contributed by atoms with E-state index in [0.29, 0.717) is 18.4 Å². The summed E-state index contributed by atoms with van der Waals surface area (Å²) >= 11 is 0. The predicted octanol–water partition coefficient (Wildman–Crippen LogP) is 3.00. The molecule has 5 nitrogen and oxygen atoms in total. The third-order valence-corrected chi connectivity index (χ3v) is 4.09. The Bertz CT molecular complexity index is 344. The zero-order chi connectivity index (χ0) is 15.8. The van der Waals surface area contributed by atoms with Gasteiger partial charge in [-0.3, -0.25) is 4.79 Å². The summed E-state index contributed by atoms with van der Waals surface area (Å²) < 4.78 is 0. The van der Waals surface area contributed by atoms with Crippen LogP contribution in [0.2, 0.25) is 0 Å². The average molecular weight is 298 g/mol. The smallest absolute Gasteiger partial charge is 0.315 e. The van der Waals surface area contributed by atoms with Gasteiger partial charge in [0.15, 0.2) is 0 Å². The number of urea groups is 1. The second-order valence-electron chi connectivity index (χ2n) is 6.92. The molecule has 122 valence electrons. The van der Waals surface area contributed by atoms with Crippen molar-refractivity contribution in [3.8, 4) is 0 Å². The van der Waals surface area contributed by atoms with Crippen molar-refractivity contribution >= 4 is 12.0 Å². The lowest BCUT2D eigenvalue weighted by molar-refractivity contribution is -0.138. The molecule has 0 aromatic carbocycles. The standard InChI is InChI=1S/C16H30N2O3/c1-11(2)7-13(9-15(19)20)10-17-16(21)18-14-6-4-5-12(3)8-14/h11-14H,4-10H2,1-3H3,(H,19,20)(H2,17,18,21)/t12?,13-,14?/m0/s1. The molecule has 2 amide bonds. The molecule has 0 radical (unpaired) electrons. The molecule has 0 bridgehead atoms. The number of carbonyl (C=O) groups is 2. The maximum Gasteiger partial charge on any atom is 0.315 e. The molecule has 0 heterocycles. The van der Waals surface area contributed by atoms with Gasteiger partial charge in [0, 0.05) is 19.0 Å². The maximum absolute atomic E-state index is 11.9. The Morgan fingerprint density at radius 3 is 2.57 bits per heavy atom. The van der Waals surface area contributed by atoms with Crippen LogP contribution in [0.5, 0.6) is 0 Å². The molecular formula is C16H30N2O3. The molecule has 1 aliphatic carbocycles. The number of hydrogen-bond acceptors (Lipinski definition) is 2. The monoisotopic (exact) mass is 298 g/mol. The first-order valence-electron chi connectivity index (χ1n) is 8.13. The number of amides is 2. The number of rotatable bonds is 7. The van der Waals surface area contributed by atoms with Gasteiger partial charge in [-0.05, 0) is 37.0 Å². The van der Waals surface area contributed by atoms with Gasteiger partial charge in [-0.2, -0.15) is 0 Å². The topological polar surface area (TPSA) is 78.4 Å². The fourth-order valence-corrected chi connectivity index (χ4v) is 3.19. The Kier molecular flexibility index (Phi) is 7.54. The van der Waals surface area contributed by atoms with Crippen LogP contribution in [0.4, 0.5) is 4.79 Å². The number of hydrogen-bond donors (Lipinski definition) is 3. The Morgan fingerprint density at radius 1 is 1.29 bits per heavy atom. The molecule has 0 spiro atoms. The van der Waals surface area contributed by atoms with Crippen molar-refractivity contribution < 1.29 is 14.7 Å². The van der Waals surface area contributed by atoms with Gasteiger partial charge in [0.05, 0.1) is 0 Å². The molecule has 1 aliphatic rings. The summed E-state index contributed by atoms with van der Waals surface area (Å²) in [5.41, 5.74) is 0. The maximum atomic E-state index is 11.9. The second kappa shape index (κ2) is 8.90. The highest BCUT2D eigenvalue weighted by Crippen LogP contribution is 2.23. The van der Waals surface area contributed by atoms with Gasteiger partial charge < -0.3 is 15.7 Å². The molecule has 2 unspecified atom stereocenters. The molecule has 0 aromatic rings. The third kappa shape index (κ3) is 7.93. The Balaban J connectivity index is 2.32. The van der Waals surface area contributed by atoms with E-state index in [1.165, 1.54) is 12.8 Å². The lowest BCUT2D eigenvalue weighted by Gasteiger charge is -2.28. The van der Waals surface area contributed by atoms with Gasteiger partial charge in [0.1, 0.15) is 0 Å². The molecule has 3 atom stereocenters. The van der Waals surface area contributed by atoms with Gasteiger partial charge in [0.25, 0.3) is 0 Å². The molecule has 0 aromatic heterocycles. The molecule has 21 heavy (non-hydrogen) atoms. The minimum atomic E-state index is -0.802. The molecule has 1 fully saturated rings. The van der Waals surface area contributed by atoms with Crippen molar-refractivity contribution in [3.05, 3.63) is 0 Å². The summed E-state index contributed by atoms with van der Waals surface area (Å²) in [6, 6.07) is 0.102. The zero-order valence-electron chi connectivity index (χ0n) is 13.5. The average Bonchev–Trinajstić information content (AvgIpc) is 2.34. The summed E-state index contributed by atoms with van der Waals surface area (Å²) in [5, 5.41) is 14.8. The summed E-state index contributed by atoms with van der Waals surface area (Å²) in [6.07, 6.45) is 5.42. The van der Waals surface area contributed by atoms with E-state index in [1.807, 2.05) is 0 Å². The SMILES string of the molecule is CC(C)C[C@H](CNC(=O)NC1CCCC(C)C1)CC(=O)O. The van der Waals surface area contributed by atoms with E-state index in [1.54, 1.807) is 0 Å². The molecule has 3 N–H and O–H groups in total. The lowest BCUT2D eigenvalue weighted by atomic mass is 9.87. The van der Waals surface area contributed by atoms with Gasteiger partial charge >= 0.3 is 12.0 Å². The second-order valence-corrected chi connectivity index (χ2v) is 6.92. The number of carboxylic acids is 1. The summed E-state index contributed by atoms with van der Waals surface area (Å²) in [7, 11) is 0. The number of carbonyl (C=O) groups excluding carboxylic acids is 1. The van der Waals surface area contributed by atoms with Crippen molar-refractivity contribution in [2.75, 3.05) is 6.54 Å². The Labute approximate surface area is 127 Å². The fraction of sp³-hybridized carbons (Fsp3) is 0.875. The number of aliphatic carboxylic acids is 1. The normalized spacial score (nSPS) is 23.6. The van der Waals surface area contributed by atoms with Gasteiger partial charge in [-0.1, -0.05) is 33.6 Å². The van der Waals surface area contributed by atoms with E-state index >= 15 is 0 Å². The Hall–Kier alpha value is -1.26. The van der Waals surface area contributed by atoms with Crippen molar-refractivity contribution in [2.24, 2.45) is 17.8 Å². The predicted molar refractivity (Wildman–Crippen MR) is 83.2 cm³/mol. The summed E-state index contributed by atoms with van der Waals surface area (Å²) in [6.45, 7) is 6.78. The van der Waals surface area contributed by atoms with E-state index in [2.05, 4.69) is 31.4 Å². The van der Waals surface area contributed by atoms with Crippen LogP contribution in [0, 0.1) is 17.8 Å². The van der Waals surface area contributed by atoms with Crippen LogP contribution >= 0.6 is 0 Å². The van der Waals surface area contributed by atoms with Crippen molar-refractivity contribution in [1.82, 2.24) is 10.6 Å².